The van der Waals surface area contributed by atoms with Crippen LogP contribution in [0, 0.1) is 23.3 Å². The summed E-state index contributed by atoms with van der Waals surface area (Å²) in [5.74, 6) is -5.42. The Morgan fingerprint density at radius 3 is 1.69 bits per heavy atom. The topological polar surface area (TPSA) is 34.1 Å². The summed E-state index contributed by atoms with van der Waals surface area (Å²) in [7, 11) is 0. The highest BCUT2D eigenvalue weighted by atomic mass is 35.5. The van der Waals surface area contributed by atoms with Gasteiger partial charge in [-0.15, -0.1) is 0 Å². The van der Waals surface area contributed by atoms with E-state index in [1.807, 2.05) is 0 Å². The molecule has 0 saturated heterocycles. The Morgan fingerprint density at radius 2 is 1.31 bits per heavy atom. The highest BCUT2D eigenvalue weighted by Gasteiger charge is 2.34. The Bertz CT molecular complexity index is 827. The Hall–Kier alpha value is -2.13. The Morgan fingerprint density at radius 1 is 0.808 bits per heavy atom. The first kappa shape index (κ1) is 21.9. The van der Waals surface area contributed by atoms with Gasteiger partial charge < -0.3 is 0 Å². The molecule has 0 spiro atoms. The maximum atomic E-state index is 12.5. The first-order valence-corrected chi connectivity index (χ1v) is 7.01. The molecular formula is C15H5Cl2F7O2. The number of hydrogen-bond acceptors (Lipinski definition) is 2. The van der Waals surface area contributed by atoms with Crippen molar-refractivity contribution < 1.29 is 40.3 Å². The summed E-state index contributed by atoms with van der Waals surface area (Å²) in [6, 6.07) is 2.62. The van der Waals surface area contributed by atoms with Crippen LogP contribution >= 0.6 is 23.2 Å². The summed E-state index contributed by atoms with van der Waals surface area (Å²) >= 11 is 9.79. The smallest absolute Gasteiger partial charge is 0.276 e. The largest absolute Gasteiger partial charge is 0.417 e. The lowest BCUT2D eigenvalue weighted by molar-refractivity contribution is -0.137. The molecule has 140 valence electrons. The Balaban J connectivity index is 0.000000263. The van der Waals surface area contributed by atoms with E-state index in [1.54, 1.807) is 0 Å². The van der Waals surface area contributed by atoms with Gasteiger partial charge in [-0.25, -0.2) is 17.6 Å². The predicted octanol–water partition coefficient (Wildman–Crippen LogP) is 5.71. The van der Waals surface area contributed by atoms with Gasteiger partial charge in [0.15, 0.2) is 17.5 Å². The van der Waals surface area contributed by atoms with Crippen LogP contribution in [0.3, 0.4) is 0 Å². The number of rotatable bonds is 2. The van der Waals surface area contributed by atoms with Crippen molar-refractivity contribution in [3.8, 4) is 0 Å². The average Bonchev–Trinajstić information content (AvgIpc) is 2.51. The molecule has 0 fully saturated rings. The van der Waals surface area contributed by atoms with E-state index >= 15 is 0 Å². The van der Waals surface area contributed by atoms with Crippen LogP contribution in [0.15, 0.2) is 30.3 Å². The molecule has 0 aliphatic heterocycles. The van der Waals surface area contributed by atoms with E-state index in [0.717, 1.165) is 0 Å². The van der Waals surface area contributed by atoms with E-state index in [1.165, 1.54) is 0 Å². The van der Waals surface area contributed by atoms with Crippen molar-refractivity contribution in [2.75, 3.05) is 0 Å². The van der Waals surface area contributed by atoms with Crippen LogP contribution in [0.5, 0.6) is 0 Å². The summed E-state index contributed by atoms with van der Waals surface area (Å²) in [6.45, 7) is 0. The van der Waals surface area contributed by atoms with E-state index in [2.05, 4.69) is 0 Å². The molecule has 2 nitrogen and oxygen atoms in total. The minimum atomic E-state index is -4.71. The van der Waals surface area contributed by atoms with Crippen molar-refractivity contribution >= 4 is 33.7 Å². The van der Waals surface area contributed by atoms with Crippen LogP contribution in [0.25, 0.3) is 0 Å². The fourth-order valence-corrected chi connectivity index (χ4v) is 1.86. The third-order valence-electron chi connectivity index (χ3n) is 2.71. The molecule has 2 aromatic rings. The van der Waals surface area contributed by atoms with Crippen molar-refractivity contribution in [2.24, 2.45) is 0 Å². The van der Waals surface area contributed by atoms with Crippen LogP contribution in [0.4, 0.5) is 30.7 Å². The Kier molecular flexibility index (Phi) is 7.16. The summed E-state index contributed by atoms with van der Waals surface area (Å²) in [4.78, 5) is 20.9. The lowest BCUT2D eigenvalue weighted by Crippen LogP contribution is -2.11. The molecule has 0 heterocycles. The number of benzene rings is 2. The molecule has 2 rings (SSSR count). The second kappa shape index (κ2) is 8.50. The van der Waals surface area contributed by atoms with E-state index in [4.69, 9.17) is 23.2 Å². The maximum absolute atomic E-state index is 12.5. The number of halogens is 9. The number of hydrogen-bond donors (Lipinski definition) is 0. The van der Waals surface area contributed by atoms with Crippen LogP contribution in [0.1, 0.15) is 26.3 Å². The highest BCUT2D eigenvalue weighted by molar-refractivity contribution is 6.68. The van der Waals surface area contributed by atoms with Gasteiger partial charge >= 0.3 is 6.18 Å². The molecule has 0 N–H and O–H groups in total. The molecule has 0 saturated carbocycles. The van der Waals surface area contributed by atoms with Crippen molar-refractivity contribution in [3.05, 3.63) is 70.3 Å². The second-order valence-electron chi connectivity index (χ2n) is 4.49. The van der Waals surface area contributed by atoms with Crippen molar-refractivity contribution in [1.82, 2.24) is 0 Å². The molecule has 0 aliphatic carbocycles. The van der Waals surface area contributed by atoms with E-state index < -0.39 is 56.6 Å². The summed E-state index contributed by atoms with van der Waals surface area (Å²) in [5, 5.41) is -2.37. The molecule has 0 unspecified atom stereocenters. The van der Waals surface area contributed by atoms with Crippen LogP contribution < -0.4 is 0 Å². The zero-order chi connectivity index (χ0) is 20.2. The third-order valence-corrected chi connectivity index (χ3v) is 3.13. The lowest BCUT2D eigenvalue weighted by Gasteiger charge is -2.09. The van der Waals surface area contributed by atoms with Gasteiger partial charge in [-0.2, -0.15) is 13.2 Å². The zero-order valence-electron chi connectivity index (χ0n) is 12.1. The van der Waals surface area contributed by atoms with E-state index in [0.29, 0.717) is 30.3 Å². The van der Waals surface area contributed by atoms with Crippen LogP contribution in [0.2, 0.25) is 0 Å². The lowest BCUT2D eigenvalue weighted by atomic mass is 10.1. The summed E-state index contributed by atoms with van der Waals surface area (Å²) in [5.41, 5.74) is -2.52. The number of alkyl halides is 3. The van der Waals surface area contributed by atoms with Gasteiger partial charge in [-0.3, -0.25) is 9.59 Å². The SMILES string of the molecule is O=C(Cl)c1cc(F)c(F)c(F)c1.O=C(Cl)c1cc(F)ccc1C(F)(F)F. The third kappa shape index (κ3) is 5.70. The van der Waals surface area contributed by atoms with Gasteiger partial charge in [0.05, 0.1) is 5.56 Å². The minimum absolute atomic E-state index is 0.409. The summed E-state index contributed by atoms with van der Waals surface area (Å²) in [6.07, 6.45) is -4.71. The molecule has 0 aliphatic rings. The number of carbonyl (C=O) groups is 2. The first-order chi connectivity index (χ1) is 11.8. The molecule has 0 radical (unpaired) electrons. The fraction of sp³-hybridized carbons (Fsp3) is 0.0667. The normalized spacial score (nSPS) is 10.8. The molecule has 0 bridgehead atoms. The maximum Gasteiger partial charge on any atom is 0.417 e. The van der Waals surface area contributed by atoms with Crippen LogP contribution in [-0.4, -0.2) is 10.5 Å². The van der Waals surface area contributed by atoms with E-state index in [-0.39, 0.29) is 0 Å². The van der Waals surface area contributed by atoms with Crippen molar-refractivity contribution in [1.29, 1.82) is 0 Å². The fourth-order valence-electron chi connectivity index (χ4n) is 1.60. The summed E-state index contributed by atoms with van der Waals surface area (Å²) < 4.78 is 86.2. The molecular weight excluding hydrogens is 416 g/mol. The monoisotopic (exact) mass is 420 g/mol. The van der Waals surface area contributed by atoms with Gasteiger partial charge in [-0.05, 0) is 53.5 Å². The van der Waals surface area contributed by atoms with Gasteiger partial charge in [0.2, 0.25) is 0 Å². The van der Waals surface area contributed by atoms with Gasteiger partial charge in [0.25, 0.3) is 10.5 Å². The van der Waals surface area contributed by atoms with Crippen LogP contribution in [-0.2, 0) is 6.18 Å². The zero-order valence-corrected chi connectivity index (χ0v) is 13.6. The van der Waals surface area contributed by atoms with Crippen molar-refractivity contribution in [3.63, 3.8) is 0 Å². The van der Waals surface area contributed by atoms with Gasteiger partial charge in [0.1, 0.15) is 5.82 Å². The molecule has 0 amide bonds. The molecule has 11 heteroatoms. The van der Waals surface area contributed by atoms with Crippen molar-refractivity contribution in [2.45, 2.75) is 6.18 Å². The quantitative estimate of drug-likeness (QED) is 0.354. The van der Waals surface area contributed by atoms with E-state index in [9.17, 15) is 40.3 Å². The predicted molar refractivity (Wildman–Crippen MR) is 78.1 cm³/mol. The Labute approximate surface area is 151 Å². The molecule has 0 atom stereocenters. The molecule has 26 heavy (non-hydrogen) atoms. The molecule has 0 aromatic heterocycles. The standard InChI is InChI=1S/C8H3ClF4O.C7H2ClF3O/c9-7(14)5-3-4(10)1-2-6(5)8(11,12)13;8-7(12)3-1-4(9)6(11)5(10)2-3/h1-3H;1-2H. The second-order valence-corrected chi connectivity index (χ2v) is 5.18. The highest BCUT2D eigenvalue weighted by Crippen LogP contribution is 2.32. The molecule has 2 aromatic carbocycles. The number of carbonyl (C=O) groups excluding carboxylic acids is 2. The average molecular weight is 421 g/mol. The minimum Gasteiger partial charge on any atom is -0.276 e. The van der Waals surface area contributed by atoms with Gasteiger partial charge in [-0.1, -0.05) is 0 Å². The van der Waals surface area contributed by atoms with Gasteiger partial charge in [0, 0.05) is 11.1 Å². The first-order valence-electron chi connectivity index (χ1n) is 6.25.